The molecule has 2 N–H and O–H groups in total. The van der Waals surface area contributed by atoms with Gasteiger partial charge in [0.15, 0.2) is 6.10 Å². The Hall–Kier alpha value is -3.24. The molecule has 0 spiro atoms. The molecule has 1 aliphatic heterocycles. The number of nitrogens with one attached hydrogen (secondary N) is 2. The number of benzene rings is 2. The minimum atomic E-state index is -0.706. The summed E-state index contributed by atoms with van der Waals surface area (Å²) in [7, 11) is 1.54. The number of halogens is 1. The molecule has 0 fully saturated rings. The maximum Gasteiger partial charge on any atom is 0.262 e. The van der Waals surface area contributed by atoms with Crippen molar-refractivity contribution in [3.63, 3.8) is 0 Å². The number of para-hydroxylation sites is 2. The van der Waals surface area contributed by atoms with Gasteiger partial charge < -0.3 is 20.3 Å². The van der Waals surface area contributed by atoms with Gasteiger partial charge in [0.25, 0.3) is 5.91 Å². The molecule has 1 heterocycles. The fourth-order valence-corrected chi connectivity index (χ4v) is 3.03. The first-order chi connectivity index (χ1) is 13.0. The van der Waals surface area contributed by atoms with Crippen LogP contribution in [0.2, 0.25) is 5.02 Å². The van der Waals surface area contributed by atoms with Crippen molar-refractivity contribution in [2.75, 3.05) is 30.4 Å². The van der Waals surface area contributed by atoms with Crippen molar-refractivity contribution in [2.24, 2.45) is 0 Å². The molecule has 2 aromatic rings. The SMILES string of the molecule is CNC(=O)[C@@H]1CN(CC(=O)Nc2ccc(C#N)c(Cl)c2)c2ccccc2O1. The smallest absolute Gasteiger partial charge is 0.262 e. The number of hydrogen-bond donors (Lipinski definition) is 2. The molecule has 0 bridgehead atoms. The average Bonchev–Trinajstić information content (AvgIpc) is 2.67. The second-order valence-corrected chi connectivity index (χ2v) is 6.33. The van der Waals surface area contributed by atoms with Crippen molar-refractivity contribution >= 4 is 34.8 Å². The van der Waals surface area contributed by atoms with Crippen LogP contribution in [0.4, 0.5) is 11.4 Å². The molecule has 3 rings (SSSR count). The highest BCUT2D eigenvalue weighted by molar-refractivity contribution is 6.32. The number of ether oxygens (including phenoxy) is 1. The van der Waals surface area contributed by atoms with E-state index in [1.807, 2.05) is 24.3 Å². The van der Waals surface area contributed by atoms with Gasteiger partial charge >= 0.3 is 0 Å². The second-order valence-electron chi connectivity index (χ2n) is 5.92. The van der Waals surface area contributed by atoms with E-state index >= 15 is 0 Å². The number of carbonyl (C=O) groups excluding carboxylic acids is 2. The van der Waals surface area contributed by atoms with Crippen molar-refractivity contribution in [3.05, 3.63) is 53.1 Å². The normalized spacial score (nSPS) is 15.1. The average molecular weight is 385 g/mol. The number of nitriles is 1. The summed E-state index contributed by atoms with van der Waals surface area (Å²) in [4.78, 5) is 26.3. The van der Waals surface area contributed by atoms with Gasteiger partial charge in [-0.2, -0.15) is 5.26 Å². The molecule has 0 saturated carbocycles. The Kier molecular flexibility index (Phi) is 5.48. The molecule has 2 aromatic carbocycles. The largest absolute Gasteiger partial charge is 0.477 e. The molecule has 0 aliphatic carbocycles. The van der Waals surface area contributed by atoms with E-state index in [0.717, 1.165) is 5.69 Å². The molecule has 7 nitrogen and oxygen atoms in total. The van der Waals surface area contributed by atoms with E-state index < -0.39 is 6.10 Å². The van der Waals surface area contributed by atoms with Crippen molar-refractivity contribution < 1.29 is 14.3 Å². The molecule has 0 unspecified atom stereocenters. The van der Waals surface area contributed by atoms with Crippen LogP contribution >= 0.6 is 11.6 Å². The molecule has 2 amide bonds. The van der Waals surface area contributed by atoms with E-state index in [1.165, 1.54) is 13.1 Å². The summed E-state index contributed by atoms with van der Waals surface area (Å²) < 4.78 is 5.72. The van der Waals surface area contributed by atoms with Gasteiger partial charge in [-0.25, -0.2) is 0 Å². The number of anilines is 2. The van der Waals surface area contributed by atoms with Gasteiger partial charge in [0.1, 0.15) is 11.8 Å². The van der Waals surface area contributed by atoms with Crippen molar-refractivity contribution in [2.45, 2.75) is 6.10 Å². The van der Waals surface area contributed by atoms with Gasteiger partial charge in [0, 0.05) is 12.7 Å². The number of hydrogen-bond acceptors (Lipinski definition) is 5. The van der Waals surface area contributed by atoms with E-state index in [1.54, 1.807) is 23.1 Å². The predicted molar refractivity (Wildman–Crippen MR) is 102 cm³/mol. The summed E-state index contributed by atoms with van der Waals surface area (Å²) >= 11 is 6.00. The fraction of sp³-hybridized carbons (Fsp3) is 0.211. The predicted octanol–water partition coefficient (Wildman–Crippen LogP) is 2.16. The van der Waals surface area contributed by atoms with Gasteiger partial charge in [0.05, 0.1) is 29.4 Å². The molecule has 0 radical (unpaired) electrons. The quantitative estimate of drug-likeness (QED) is 0.842. The van der Waals surface area contributed by atoms with Gasteiger partial charge in [-0.15, -0.1) is 0 Å². The lowest BCUT2D eigenvalue weighted by molar-refractivity contribution is -0.127. The van der Waals surface area contributed by atoms with Crippen LogP contribution in [0.1, 0.15) is 5.56 Å². The lowest BCUT2D eigenvalue weighted by Gasteiger charge is -2.35. The summed E-state index contributed by atoms with van der Waals surface area (Å²) in [5.74, 6) is 0.0171. The number of fused-ring (bicyclic) bond motifs is 1. The van der Waals surface area contributed by atoms with Crippen LogP contribution in [0.3, 0.4) is 0 Å². The van der Waals surface area contributed by atoms with Crippen molar-refractivity contribution in [1.82, 2.24) is 5.32 Å². The Morgan fingerprint density at radius 2 is 2.11 bits per heavy atom. The van der Waals surface area contributed by atoms with E-state index in [4.69, 9.17) is 21.6 Å². The highest BCUT2D eigenvalue weighted by Crippen LogP contribution is 2.33. The Morgan fingerprint density at radius 3 is 2.81 bits per heavy atom. The minimum absolute atomic E-state index is 0.0332. The van der Waals surface area contributed by atoms with Crippen LogP contribution in [-0.4, -0.2) is 38.1 Å². The maximum absolute atomic E-state index is 12.5. The number of nitrogens with zero attached hydrogens (tertiary/aromatic N) is 2. The first-order valence-electron chi connectivity index (χ1n) is 8.23. The van der Waals surface area contributed by atoms with Gasteiger partial charge in [-0.05, 0) is 30.3 Å². The molecule has 138 valence electrons. The van der Waals surface area contributed by atoms with Crippen LogP contribution in [0, 0.1) is 11.3 Å². The van der Waals surface area contributed by atoms with E-state index in [9.17, 15) is 9.59 Å². The number of carbonyl (C=O) groups is 2. The summed E-state index contributed by atoms with van der Waals surface area (Å²) in [5, 5.41) is 14.5. The third-order valence-electron chi connectivity index (χ3n) is 4.11. The highest BCUT2D eigenvalue weighted by atomic mass is 35.5. The van der Waals surface area contributed by atoms with Gasteiger partial charge in [0.2, 0.25) is 5.91 Å². The number of amides is 2. The molecular formula is C19H17ClN4O3. The zero-order valence-corrected chi connectivity index (χ0v) is 15.3. The van der Waals surface area contributed by atoms with Gasteiger partial charge in [-0.3, -0.25) is 9.59 Å². The lowest BCUT2D eigenvalue weighted by Crippen LogP contribution is -2.50. The van der Waals surface area contributed by atoms with Crippen LogP contribution in [0.5, 0.6) is 5.75 Å². The Bertz CT molecular complexity index is 925. The fourth-order valence-electron chi connectivity index (χ4n) is 2.81. The van der Waals surface area contributed by atoms with Gasteiger partial charge in [-0.1, -0.05) is 23.7 Å². The highest BCUT2D eigenvalue weighted by Gasteiger charge is 2.31. The molecule has 1 atom stereocenters. The molecule has 27 heavy (non-hydrogen) atoms. The Labute approximate surface area is 161 Å². The zero-order valence-electron chi connectivity index (χ0n) is 14.5. The van der Waals surface area contributed by atoms with E-state index in [0.29, 0.717) is 17.0 Å². The third kappa shape index (κ3) is 4.13. The molecular weight excluding hydrogens is 368 g/mol. The monoisotopic (exact) mass is 384 g/mol. The molecule has 0 saturated heterocycles. The summed E-state index contributed by atoms with van der Waals surface area (Å²) in [5.41, 5.74) is 1.57. The number of rotatable bonds is 4. The van der Waals surface area contributed by atoms with Crippen LogP contribution in [0.15, 0.2) is 42.5 Å². The van der Waals surface area contributed by atoms with Crippen molar-refractivity contribution in [1.29, 1.82) is 5.26 Å². The maximum atomic E-state index is 12.5. The zero-order chi connectivity index (χ0) is 19.4. The molecule has 8 heteroatoms. The third-order valence-corrected chi connectivity index (χ3v) is 4.42. The van der Waals surface area contributed by atoms with Crippen molar-refractivity contribution in [3.8, 4) is 11.8 Å². The topological polar surface area (TPSA) is 94.5 Å². The molecule has 1 aliphatic rings. The standard InChI is InChI=1S/C19H17ClN4O3/c1-22-19(26)17-10-24(15-4-2-3-5-16(15)27-17)11-18(25)23-13-7-6-12(9-21)14(20)8-13/h2-8,17H,10-11H2,1H3,(H,22,26)(H,23,25)/t17-/m0/s1. The Balaban J connectivity index is 1.75. The summed E-state index contributed by atoms with van der Waals surface area (Å²) in [6.45, 7) is 0.281. The van der Waals surface area contributed by atoms with Crippen LogP contribution < -0.4 is 20.3 Å². The summed E-state index contributed by atoms with van der Waals surface area (Å²) in [6, 6.07) is 13.9. The Morgan fingerprint density at radius 1 is 1.33 bits per heavy atom. The lowest BCUT2D eigenvalue weighted by atomic mass is 10.1. The first-order valence-corrected chi connectivity index (χ1v) is 8.61. The summed E-state index contributed by atoms with van der Waals surface area (Å²) in [6.07, 6.45) is -0.706. The minimum Gasteiger partial charge on any atom is -0.477 e. The van der Waals surface area contributed by atoms with Crippen LogP contribution in [0.25, 0.3) is 0 Å². The van der Waals surface area contributed by atoms with Crippen LogP contribution in [-0.2, 0) is 9.59 Å². The first kappa shape index (κ1) is 18.5. The van der Waals surface area contributed by atoms with E-state index in [2.05, 4.69) is 10.6 Å². The van der Waals surface area contributed by atoms with E-state index in [-0.39, 0.29) is 29.9 Å². The number of likely N-dealkylation sites (N-methyl/N-ethyl adjacent to an activating group) is 1. The second kappa shape index (κ2) is 7.98. The molecule has 0 aromatic heterocycles.